The van der Waals surface area contributed by atoms with E-state index in [1.165, 1.54) is 12.0 Å². The van der Waals surface area contributed by atoms with Gasteiger partial charge in [-0.2, -0.15) is 4.98 Å². The van der Waals surface area contributed by atoms with Crippen LogP contribution in [0.2, 0.25) is 0 Å². The van der Waals surface area contributed by atoms with Crippen LogP contribution in [0.15, 0.2) is 41.2 Å². The molecule has 1 unspecified atom stereocenters. The van der Waals surface area contributed by atoms with Crippen molar-refractivity contribution < 1.29 is 9.32 Å². The number of carbonyl (C=O) groups excluding carboxylic acids is 1. The SMILES string of the molecule is CNC1CCCN(c2cnccc2-c2ccc(CNC(=O)c3nc(C(C)(C)C)no3)c(C)c2)C1.Cl. The molecule has 8 nitrogen and oxygen atoms in total. The smallest absolute Gasteiger partial charge is 0.315 e. The molecule has 0 aliphatic carbocycles. The molecule has 0 spiro atoms. The van der Waals surface area contributed by atoms with E-state index in [0.717, 1.165) is 41.9 Å². The largest absolute Gasteiger partial charge is 0.368 e. The second kappa shape index (κ2) is 11.2. The van der Waals surface area contributed by atoms with Crippen molar-refractivity contribution in [2.24, 2.45) is 0 Å². The molecular formula is C26H35ClN6O2. The van der Waals surface area contributed by atoms with Gasteiger partial charge in [0.2, 0.25) is 0 Å². The number of likely N-dealkylation sites (N-methyl/N-ethyl adjacent to an activating group) is 1. The van der Waals surface area contributed by atoms with Gasteiger partial charge in [-0.15, -0.1) is 12.4 Å². The van der Waals surface area contributed by atoms with Gasteiger partial charge in [0.15, 0.2) is 5.82 Å². The van der Waals surface area contributed by atoms with Crippen LogP contribution < -0.4 is 15.5 Å². The molecule has 1 amide bonds. The molecule has 188 valence electrons. The van der Waals surface area contributed by atoms with Gasteiger partial charge in [-0.3, -0.25) is 9.78 Å². The van der Waals surface area contributed by atoms with E-state index in [-0.39, 0.29) is 29.6 Å². The van der Waals surface area contributed by atoms with Crippen molar-refractivity contribution in [3.8, 4) is 11.1 Å². The Bertz CT molecular complexity index is 1160. The third kappa shape index (κ3) is 6.18. The zero-order chi connectivity index (χ0) is 24.3. The number of halogens is 1. The van der Waals surface area contributed by atoms with Gasteiger partial charge in [-0.1, -0.05) is 44.1 Å². The van der Waals surface area contributed by atoms with Crippen molar-refractivity contribution in [2.45, 2.75) is 58.5 Å². The third-order valence-electron chi connectivity index (χ3n) is 6.35. The fourth-order valence-electron chi connectivity index (χ4n) is 4.25. The lowest BCUT2D eigenvalue weighted by Gasteiger charge is -2.35. The van der Waals surface area contributed by atoms with Crippen molar-refractivity contribution >= 4 is 24.0 Å². The summed E-state index contributed by atoms with van der Waals surface area (Å²) in [5.74, 6) is 0.134. The lowest BCUT2D eigenvalue weighted by atomic mass is 9.96. The van der Waals surface area contributed by atoms with Crippen LogP contribution in [0.5, 0.6) is 0 Å². The molecular weight excluding hydrogens is 464 g/mol. The van der Waals surface area contributed by atoms with Crippen LogP contribution in [-0.4, -0.2) is 47.2 Å². The first kappa shape index (κ1) is 26.6. The molecule has 1 atom stereocenters. The average molecular weight is 499 g/mol. The molecule has 0 saturated carbocycles. The number of aryl methyl sites for hydroxylation is 1. The van der Waals surface area contributed by atoms with Gasteiger partial charge in [-0.25, -0.2) is 0 Å². The van der Waals surface area contributed by atoms with Gasteiger partial charge in [0.25, 0.3) is 0 Å². The number of carbonyl (C=O) groups is 1. The maximum Gasteiger partial charge on any atom is 0.315 e. The Morgan fingerprint density at radius 2 is 2.06 bits per heavy atom. The summed E-state index contributed by atoms with van der Waals surface area (Å²) in [5, 5.41) is 10.2. The number of hydrogen-bond acceptors (Lipinski definition) is 7. The summed E-state index contributed by atoms with van der Waals surface area (Å²) < 4.78 is 5.15. The second-order valence-electron chi connectivity index (χ2n) is 9.96. The fourth-order valence-corrected chi connectivity index (χ4v) is 4.25. The minimum Gasteiger partial charge on any atom is -0.368 e. The molecule has 1 fully saturated rings. The van der Waals surface area contributed by atoms with Gasteiger partial charge < -0.3 is 20.1 Å². The molecule has 1 aromatic carbocycles. The summed E-state index contributed by atoms with van der Waals surface area (Å²) in [4.78, 5) is 23.6. The highest BCUT2D eigenvalue weighted by molar-refractivity contribution is 5.89. The van der Waals surface area contributed by atoms with E-state index in [1.807, 2.05) is 40.2 Å². The van der Waals surface area contributed by atoms with E-state index in [2.05, 4.69) is 61.8 Å². The van der Waals surface area contributed by atoms with Crippen molar-refractivity contribution in [2.75, 3.05) is 25.0 Å². The van der Waals surface area contributed by atoms with Gasteiger partial charge in [0.1, 0.15) is 0 Å². The predicted octanol–water partition coefficient (Wildman–Crippen LogP) is 4.28. The Morgan fingerprint density at radius 3 is 2.74 bits per heavy atom. The standard InChI is InChI=1S/C26H34N6O2.ClH/c1-17-13-18(21-10-11-28-15-22(21)32-12-6-7-20(16-32)27-5)8-9-19(17)14-29-23(33)24-30-25(31-34-24)26(2,3)4;/h8-11,13,15,20,27H,6-7,12,14,16H2,1-5H3,(H,29,33);1H. The van der Waals surface area contributed by atoms with Crippen LogP contribution in [0.25, 0.3) is 11.1 Å². The number of pyridine rings is 1. The average Bonchev–Trinajstić information content (AvgIpc) is 3.34. The Morgan fingerprint density at radius 1 is 1.26 bits per heavy atom. The molecule has 0 radical (unpaired) electrons. The number of aromatic nitrogens is 3. The van der Waals surface area contributed by atoms with Crippen LogP contribution in [-0.2, 0) is 12.0 Å². The Balaban J connectivity index is 0.00000342. The zero-order valence-corrected chi connectivity index (χ0v) is 21.9. The molecule has 3 aromatic rings. The van der Waals surface area contributed by atoms with Crippen LogP contribution >= 0.6 is 12.4 Å². The number of hydrogen-bond donors (Lipinski definition) is 2. The number of amides is 1. The summed E-state index contributed by atoms with van der Waals surface area (Å²) >= 11 is 0. The van der Waals surface area contributed by atoms with E-state index in [9.17, 15) is 4.79 Å². The third-order valence-corrected chi connectivity index (χ3v) is 6.35. The van der Waals surface area contributed by atoms with Crippen LogP contribution in [0.1, 0.15) is 61.2 Å². The highest BCUT2D eigenvalue weighted by atomic mass is 35.5. The molecule has 2 N–H and O–H groups in total. The lowest BCUT2D eigenvalue weighted by molar-refractivity contribution is 0.0907. The maximum absolute atomic E-state index is 12.5. The topological polar surface area (TPSA) is 96.2 Å². The number of anilines is 1. The fraction of sp³-hybridized carbons (Fsp3) is 0.462. The van der Waals surface area contributed by atoms with Gasteiger partial charge in [0.05, 0.1) is 11.9 Å². The quantitative estimate of drug-likeness (QED) is 0.523. The van der Waals surface area contributed by atoms with E-state index >= 15 is 0 Å². The Hall–Kier alpha value is -2.97. The van der Waals surface area contributed by atoms with Gasteiger partial charge in [-0.05, 0) is 49.6 Å². The monoisotopic (exact) mass is 498 g/mol. The number of benzene rings is 1. The Labute approximate surface area is 213 Å². The minimum absolute atomic E-state index is 0. The molecule has 1 aliphatic heterocycles. The maximum atomic E-state index is 12.5. The molecule has 4 rings (SSSR count). The molecule has 3 heterocycles. The van der Waals surface area contributed by atoms with Crippen LogP contribution in [0.3, 0.4) is 0 Å². The zero-order valence-electron chi connectivity index (χ0n) is 21.1. The van der Waals surface area contributed by atoms with E-state index in [4.69, 9.17) is 4.52 Å². The van der Waals surface area contributed by atoms with Crippen LogP contribution in [0.4, 0.5) is 5.69 Å². The van der Waals surface area contributed by atoms with Crippen molar-refractivity contribution in [1.82, 2.24) is 25.8 Å². The lowest BCUT2D eigenvalue weighted by Crippen LogP contribution is -2.44. The minimum atomic E-state index is -0.368. The second-order valence-corrected chi connectivity index (χ2v) is 9.96. The normalized spacial score (nSPS) is 16.0. The molecule has 9 heteroatoms. The summed E-state index contributed by atoms with van der Waals surface area (Å²) in [6.45, 7) is 10.4. The predicted molar refractivity (Wildman–Crippen MR) is 140 cm³/mol. The van der Waals surface area contributed by atoms with Crippen molar-refractivity contribution in [1.29, 1.82) is 0 Å². The summed E-state index contributed by atoms with van der Waals surface area (Å²) in [6.07, 6.45) is 6.17. The first-order valence-electron chi connectivity index (χ1n) is 11.8. The molecule has 1 aliphatic rings. The molecule has 2 aromatic heterocycles. The van der Waals surface area contributed by atoms with Crippen LogP contribution in [0, 0.1) is 6.92 Å². The molecule has 1 saturated heterocycles. The molecule has 0 bridgehead atoms. The van der Waals surface area contributed by atoms with Gasteiger partial charge >= 0.3 is 11.8 Å². The van der Waals surface area contributed by atoms with E-state index < -0.39 is 0 Å². The first-order valence-corrected chi connectivity index (χ1v) is 11.8. The summed E-state index contributed by atoms with van der Waals surface area (Å²) in [5.41, 5.74) is 5.34. The van der Waals surface area contributed by atoms with E-state index in [0.29, 0.717) is 18.4 Å². The summed E-state index contributed by atoms with van der Waals surface area (Å²) in [6, 6.07) is 8.92. The number of nitrogens with zero attached hydrogens (tertiary/aromatic N) is 4. The van der Waals surface area contributed by atoms with Crippen molar-refractivity contribution in [3.63, 3.8) is 0 Å². The first-order chi connectivity index (χ1) is 16.3. The molecule has 35 heavy (non-hydrogen) atoms. The van der Waals surface area contributed by atoms with E-state index in [1.54, 1.807) is 0 Å². The van der Waals surface area contributed by atoms with Crippen molar-refractivity contribution in [3.05, 3.63) is 59.5 Å². The van der Waals surface area contributed by atoms with Gasteiger partial charge in [0, 0.05) is 42.9 Å². The number of rotatable bonds is 6. The highest BCUT2D eigenvalue weighted by Crippen LogP contribution is 2.33. The number of piperidine rings is 1. The highest BCUT2D eigenvalue weighted by Gasteiger charge is 2.24. The number of nitrogens with one attached hydrogen (secondary N) is 2. The Kier molecular flexibility index (Phi) is 8.51. The summed E-state index contributed by atoms with van der Waals surface area (Å²) in [7, 11) is 2.03.